The van der Waals surface area contributed by atoms with Gasteiger partial charge >= 0.3 is 0 Å². The summed E-state index contributed by atoms with van der Waals surface area (Å²) in [5.74, 6) is -0.244. The third-order valence-electron chi connectivity index (χ3n) is 2.25. The second kappa shape index (κ2) is 5.79. The largest absolute Gasteiger partial charge is 0.326 e. The van der Waals surface area contributed by atoms with Crippen LogP contribution in [0.15, 0.2) is 35.7 Å². The minimum Gasteiger partial charge on any atom is -0.326 e. The van der Waals surface area contributed by atoms with E-state index in [-0.39, 0.29) is 17.3 Å². The van der Waals surface area contributed by atoms with Gasteiger partial charge in [0.25, 0.3) is 0 Å². The summed E-state index contributed by atoms with van der Waals surface area (Å²) in [5.41, 5.74) is 1.29. The zero-order chi connectivity index (χ0) is 13.8. The monoisotopic (exact) mass is 268 g/mol. The first-order chi connectivity index (χ1) is 8.36. The zero-order valence-corrected chi connectivity index (χ0v) is 11.2. The molecule has 2 N–H and O–H groups in total. The van der Waals surface area contributed by atoms with Crippen molar-refractivity contribution in [2.75, 3.05) is 11.9 Å². The fourth-order valence-corrected chi connectivity index (χ4v) is 2.37. The molecule has 98 valence electrons. The Hall–Kier alpha value is -1.66. The van der Waals surface area contributed by atoms with Gasteiger partial charge in [-0.25, -0.2) is 13.1 Å². The average molecular weight is 268 g/mol. The Morgan fingerprint density at radius 3 is 2.67 bits per heavy atom. The summed E-state index contributed by atoms with van der Waals surface area (Å²) in [7, 11) is -3.57. The van der Waals surface area contributed by atoms with Gasteiger partial charge in [0, 0.05) is 19.2 Å². The first-order valence-electron chi connectivity index (χ1n) is 5.35. The maximum atomic E-state index is 11.9. The van der Waals surface area contributed by atoms with Crippen molar-refractivity contribution in [1.82, 2.24) is 4.72 Å². The lowest BCUT2D eigenvalue weighted by Crippen LogP contribution is -2.23. The zero-order valence-electron chi connectivity index (χ0n) is 10.4. The van der Waals surface area contributed by atoms with Gasteiger partial charge in [-0.3, -0.25) is 4.79 Å². The minimum absolute atomic E-state index is 0.110. The van der Waals surface area contributed by atoms with Crippen molar-refractivity contribution in [3.05, 3.63) is 36.4 Å². The van der Waals surface area contributed by atoms with Crippen molar-refractivity contribution in [3.63, 3.8) is 0 Å². The predicted octanol–water partition coefficient (Wildman–Crippen LogP) is 1.42. The van der Waals surface area contributed by atoms with Crippen LogP contribution in [0.2, 0.25) is 0 Å². The van der Waals surface area contributed by atoms with Crippen molar-refractivity contribution < 1.29 is 13.2 Å². The molecule has 0 aliphatic heterocycles. The van der Waals surface area contributed by atoms with E-state index in [1.165, 1.54) is 25.1 Å². The smallest absolute Gasteiger partial charge is 0.240 e. The Morgan fingerprint density at radius 2 is 2.11 bits per heavy atom. The molecule has 0 bridgehead atoms. The Labute approximate surface area is 107 Å². The molecule has 0 spiro atoms. The number of nitrogens with one attached hydrogen (secondary N) is 2. The number of amides is 1. The maximum absolute atomic E-state index is 11.9. The number of anilines is 1. The minimum atomic E-state index is -3.57. The molecule has 5 nitrogen and oxygen atoms in total. The van der Waals surface area contributed by atoms with Gasteiger partial charge in [0.2, 0.25) is 15.9 Å². The number of hydrogen-bond acceptors (Lipinski definition) is 3. The van der Waals surface area contributed by atoms with Crippen molar-refractivity contribution in [1.29, 1.82) is 0 Å². The molecule has 0 aromatic heterocycles. The van der Waals surface area contributed by atoms with E-state index >= 15 is 0 Å². The lowest BCUT2D eigenvalue weighted by Gasteiger charge is -2.10. The summed E-state index contributed by atoms with van der Waals surface area (Å²) in [5, 5.41) is 2.59. The normalized spacial score (nSPS) is 11.0. The molecule has 6 heteroatoms. The first-order valence-corrected chi connectivity index (χ1v) is 6.84. The van der Waals surface area contributed by atoms with E-state index in [0.29, 0.717) is 5.69 Å². The topological polar surface area (TPSA) is 75.3 Å². The highest BCUT2D eigenvalue weighted by molar-refractivity contribution is 7.89. The van der Waals surface area contributed by atoms with Gasteiger partial charge in [0.1, 0.15) is 0 Å². The van der Waals surface area contributed by atoms with Crippen LogP contribution in [-0.2, 0) is 14.8 Å². The van der Waals surface area contributed by atoms with Crippen LogP contribution in [0, 0.1) is 6.92 Å². The number of carbonyl (C=O) groups is 1. The lowest BCUT2D eigenvalue weighted by molar-refractivity contribution is -0.114. The van der Waals surface area contributed by atoms with Crippen molar-refractivity contribution >= 4 is 21.6 Å². The van der Waals surface area contributed by atoms with Crippen LogP contribution in [0.25, 0.3) is 0 Å². The number of benzene rings is 1. The van der Waals surface area contributed by atoms with E-state index in [4.69, 9.17) is 0 Å². The Balaban J connectivity index is 3.11. The van der Waals surface area contributed by atoms with Gasteiger partial charge in [-0.2, -0.15) is 0 Å². The molecule has 0 saturated carbocycles. The van der Waals surface area contributed by atoms with Crippen LogP contribution in [0.1, 0.15) is 12.5 Å². The molecule has 0 radical (unpaired) electrons. The second-order valence-corrected chi connectivity index (χ2v) is 5.57. The summed E-state index contributed by atoms with van der Waals surface area (Å²) in [4.78, 5) is 11.1. The fraction of sp³-hybridized carbons (Fsp3) is 0.250. The standard InChI is InChI=1S/C12H16N2O3S/c1-4-7-13-18(16,17)11-6-5-9(2)12(8-11)14-10(3)15/h4-6,8,13H,1,7H2,2-3H3,(H,14,15). The summed E-state index contributed by atoms with van der Waals surface area (Å²) >= 11 is 0. The summed E-state index contributed by atoms with van der Waals surface area (Å²) in [6.07, 6.45) is 1.46. The molecule has 0 aliphatic rings. The number of sulfonamides is 1. The van der Waals surface area contributed by atoms with Crippen LogP contribution >= 0.6 is 0 Å². The molecule has 0 atom stereocenters. The van der Waals surface area contributed by atoms with E-state index in [2.05, 4.69) is 16.6 Å². The van der Waals surface area contributed by atoms with Crippen LogP contribution in [0.4, 0.5) is 5.69 Å². The third kappa shape index (κ3) is 3.68. The molecule has 1 amide bonds. The van der Waals surface area contributed by atoms with Crippen LogP contribution < -0.4 is 10.0 Å². The molecule has 0 saturated heterocycles. The molecule has 0 aliphatic carbocycles. The summed E-state index contributed by atoms with van der Waals surface area (Å²) < 4.78 is 26.1. The van der Waals surface area contributed by atoms with E-state index in [9.17, 15) is 13.2 Å². The van der Waals surface area contributed by atoms with Gasteiger partial charge in [-0.1, -0.05) is 12.1 Å². The Bertz CT molecular complexity index is 565. The number of rotatable bonds is 5. The lowest BCUT2D eigenvalue weighted by atomic mass is 10.2. The van der Waals surface area contributed by atoms with E-state index in [0.717, 1.165) is 5.56 Å². The SMILES string of the molecule is C=CCNS(=O)(=O)c1ccc(C)c(NC(C)=O)c1. The van der Waals surface area contributed by atoms with Gasteiger partial charge in [0.05, 0.1) is 4.90 Å². The number of hydrogen-bond donors (Lipinski definition) is 2. The van der Waals surface area contributed by atoms with Crippen molar-refractivity contribution in [3.8, 4) is 0 Å². The highest BCUT2D eigenvalue weighted by Gasteiger charge is 2.14. The molecule has 1 aromatic carbocycles. The fourth-order valence-electron chi connectivity index (χ4n) is 1.34. The Kier molecular flexibility index (Phi) is 4.63. The highest BCUT2D eigenvalue weighted by Crippen LogP contribution is 2.20. The van der Waals surface area contributed by atoms with Gasteiger partial charge < -0.3 is 5.32 Å². The molecule has 1 aromatic rings. The van der Waals surface area contributed by atoms with Gasteiger partial charge in [-0.15, -0.1) is 6.58 Å². The van der Waals surface area contributed by atoms with Crippen LogP contribution in [-0.4, -0.2) is 20.9 Å². The second-order valence-electron chi connectivity index (χ2n) is 3.80. The Morgan fingerprint density at radius 1 is 1.44 bits per heavy atom. The molecule has 18 heavy (non-hydrogen) atoms. The summed E-state index contributed by atoms with van der Waals surface area (Å²) in [6.45, 7) is 6.77. The quantitative estimate of drug-likeness (QED) is 0.793. The van der Waals surface area contributed by atoms with Crippen LogP contribution in [0.5, 0.6) is 0 Å². The maximum Gasteiger partial charge on any atom is 0.240 e. The first kappa shape index (κ1) is 14.4. The molecule has 0 fully saturated rings. The molecule has 0 heterocycles. The van der Waals surface area contributed by atoms with Crippen LogP contribution in [0.3, 0.4) is 0 Å². The third-order valence-corrected chi connectivity index (χ3v) is 3.67. The van der Waals surface area contributed by atoms with Gasteiger partial charge in [0.15, 0.2) is 0 Å². The van der Waals surface area contributed by atoms with E-state index < -0.39 is 10.0 Å². The number of carbonyl (C=O) groups excluding carboxylic acids is 1. The van der Waals surface area contributed by atoms with Gasteiger partial charge in [-0.05, 0) is 24.6 Å². The van der Waals surface area contributed by atoms with Crippen molar-refractivity contribution in [2.45, 2.75) is 18.7 Å². The van der Waals surface area contributed by atoms with E-state index in [1.54, 1.807) is 13.0 Å². The van der Waals surface area contributed by atoms with Crippen molar-refractivity contribution in [2.24, 2.45) is 0 Å². The average Bonchev–Trinajstić information content (AvgIpc) is 2.28. The number of aryl methyl sites for hydroxylation is 1. The highest BCUT2D eigenvalue weighted by atomic mass is 32.2. The molecule has 1 rings (SSSR count). The molecule has 0 unspecified atom stereocenters. The van der Waals surface area contributed by atoms with E-state index in [1.807, 2.05) is 0 Å². The molecular weight excluding hydrogens is 252 g/mol. The predicted molar refractivity (Wildman–Crippen MR) is 70.9 cm³/mol. The molecular formula is C12H16N2O3S. The summed E-state index contributed by atoms with van der Waals surface area (Å²) in [6, 6.07) is 4.57.